The summed E-state index contributed by atoms with van der Waals surface area (Å²) in [5.74, 6) is 2.21. The number of anilines is 2. The highest BCUT2D eigenvalue weighted by Crippen LogP contribution is 2.32. The van der Waals surface area contributed by atoms with E-state index in [0.29, 0.717) is 48.0 Å². The lowest BCUT2D eigenvalue weighted by molar-refractivity contribution is 0.123. The Morgan fingerprint density at radius 1 is 1.10 bits per heavy atom. The molecule has 8 nitrogen and oxygen atoms in total. The van der Waals surface area contributed by atoms with Crippen LogP contribution in [0.2, 0.25) is 5.02 Å². The fraction of sp³-hybridized carbons (Fsp3) is 0.333. The van der Waals surface area contributed by atoms with Crippen molar-refractivity contribution in [1.82, 2.24) is 10.1 Å². The van der Waals surface area contributed by atoms with Gasteiger partial charge in [-0.15, -0.1) is 0 Å². The van der Waals surface area contributed by atoms with Gasteiger partial charge in [0.05, 0.1) is 50.9 Å². The maximum atomic E-state index is 6.22. The molecule has 0 amide bonds. The first kappa shape index (κ1) is 20.3. The summed E-state index contributed by atoms with van der Waals surface area (Å²) in [5.41, 5.74) is 2.70. The van der Waals surface area contributed by atoms with Crippen LogP contribution in [0.1, 0.15) is 5.89 Å². The molecule has 1 saturated heterocycles. The van der Waals surface area contributed by atoms with Crippen molar-refractivity contribution in [2.45, 2.75) is 6.54 Å². The molecule has 1 aliphatic rings. The molecule has 0 unspecified atom stereocenters. The Hall–Kier alpha value is -2.97. The molecule has 0 atom stereocenters. The van der Waals surface area contributed by atoms with Crippen LogP contribution >= 0.6 is 11.6 Å². The van der Waals surface area contributed by atoms with Crippen molar-refractivity contribution in [3.05, 3.63) is 47.3 Å². The number of morpholine rings is 1. The molecule has 0 spiro atoms. The van der Waals surface area contributed by atoms with Crippen LogP contribution in [0, 0.1) is 0 Å². The first-order chi connectivity index (χ1) is 14.7. The van der Waals surface area contributed by atoms with Crippen molar-refractivity contribution in [3.8, 4) is 22.9 Å². The van der Waals surface area contributed by atoms with Crippen LogP contribution in [0.15, 0.2) is 40.9 Å². The Labute approximate surface area is 179 Å². The Morgan fingerprint density at radius 3 is 2.70 bits per heavy atom. The van der Waals surface area contributed by atoms with Gasteiger partial charge < -0.3 is 29.0 Å². The number of aromatic nitrogens is 2. The van der Waals surface area contributed by atoms with Crippen molar-refractivity contribution in [2.24, 2.45) is 0 Å². The molecular formula is C21H23ClN4O4. The summed E-state index contributed by atoms with van der Waals surface area (Å²) < 4.78 is 21.6. The summed E-state index contributed by atoms with van der Waals surface area (Å²) in [6.45, 7) is 3.44. The van der Waals surface area contributed by atoms with Gasteiger partial charge in [-0.2, -0.15) is 4.98 Å². The molecule has 158 valence electrons. The molecule has 3 aromatic rings. The molecule has 0 aliphatic carbocycles. The van der Waals surface area contributed by atoms with Gasteiger partial charge in [0.25, 0.3) is 0 Å². The topological polar surface area (TPSA) is 81.9 Å². The highest BCUT2D eigenvalue weighted by atomic mass is 35.5. The summed E-state index contributed by atoms with van der Waals surface area (Å²) in [5, 5.41) is 8.11. The van der Waals surface area contributed by atoms with E-state index in [1.54, 1.807) is 20.3 Å². The number of nitrogens with zero attached hydrogens (tertiary/aromatic N) is 3. The first-order valence-corrected chi connectivity index (χ1v) is 9.97. The lowest BCUT2D eigenvalue weighted by Gasteiger charge is -2.30. The van der Waals surface area contributed by atoms with Gasteiger partial charge in [-0.05, 0) is 30.3 Å². The summed E-state index contributed by atoms with van der Waals surface area (Å²) in [7, 11) is 3.20. The van der Waals surface area contributed by atoms with E-state index in [1.165, 1.54) is 0 Å². The van der Waals surface area contributed by atoms with E-state index >= 15 is 0 Å². The predicted molar refractivity (Wildman–Crippen MR) is 115 cm³/mol. The molecule has 0 bridgehead atoms. The molecule has 1 aliphatic heterocycles. The monoisotopic (exact) mass is 430 g/mol. The van der Waals surface area contributed by atoms with Gasteiger partial charge in [0, 0.05) is 24.2 Å². The Bertz CT molecular complexity index is 1000. The predicted octanol–water partition coefficient (Wildman–Crippen LogP) is 3.86. The van der Waals surface area contributed by atoms with Crippen LogP contribution in [0.4, 0.5) is 11.4 Å². The highest BCUT2D eigenvalue weighted by molar-refractivity contribution is 6.31. The third-order valence-electron chi connectivity index (χ3n) is 4.86. The molecule has 1 aromatic heterocycles. The summed E-state index contributed by atoms with van der Waals surface area (Å²) in [4.78, 5) is 6.76. The second kappa shape index (κ2) is 9.23. The zero-order valence-electron chi connectivity index (χ0n) is 16.9. The Morgan fingerprint density at radius 2 is 1.93 bits per heavy atom. The number of hydrogen-bond acceptors (Lipinski definition) is 8. The van der Waals surface area contributed by atoms with Crippen molar-refractivity contribution < 1.29 is 18.7 Å². The van der Waals surface area contributed by atoms with Crippen molar-refractivity contribution in [3.63, 3.8) is 0 Å². The maximum absolute atomic E-state index is 6.22. The van der Waals surface area contributed by atoms with E-state index in [2.05, 4.69) is 20.4 Å². The van der Waals surface area contributed by atoms with Gasteiger partial charge in [-0.25, -0.2) is 0 Å². The number of halogens is 1. The van der Waals surface area contributed by atoms with Crippen LogP contribution in [0.5, 0.6) is 11.5 Å². The van der Waals surface area contributed by atoms with E-state index in [9.17, 15) is 0 Å². The number of hydrogen-bond donors (Lipinski definition) is 1. The molecule has 2 aromatic carbocycles. The minimum Gasteiger partial charge on any atom is -0.497 e. The van der Waals surface area contributed by atoms with Gasteiger partial charge in [0.1, 0.15) is 11.5 Å². The van der Waals surface area contributed by atoms with E-state index in [0.717, 1.165) is 30.0 Å². The van der Waals surface area contributed by atoms with Crippen molar-refractivity contribution in [2.75, 3.05) is 50.7 Å². The first-order valence-electron chi connectivity index (χ1n) is 9.59. The van der Waals surface area contributed by atoms with E-state index < -0.39 is 0 Å². The Balaban J connectivity index is 1.51. The fourth-order valence-electron chi connectivity index (χ4n) is 3.32. The second-order valence-corrected chi connectivity index (χ2v) is 7.13. The number of rotatable bonds is 7. The zero-order valence-corrected chi connectivity index (χ0v) is 17.6. The van der Waals surface area contributed by atoms with Crippen LogP contribution in [0.25, 0.3) is 11.4 Å². The number of benzene rings is 2. The molecule has 9 heteroatoms. The molecule has 2 heterocycles. The molecule has 4 rings (SSSR count). The maximum Gasteiger partial charge on any atom is 0.246 e. The fourth-order valence-corrected chi connectivity index (χ4v) is 3.49. The van der Waals surface area contributed by atoms with Crippen LogP contribution < -0.4 is 19.7 Å². The van der Waals surface area contributed by atoms with Gasteiger partial charge in [0.2, 0.25) is 11.7 Å². The van der Waals surface area contributed by atoms with Gasteiger partial charge >= 0.3 is 0 Å². The van der Waals surface area contributed by atoms with Crippen LogP contribution in [-0.4, -0.2) is 50.7 Å². The zero-order chi connectivity index (χ0) is 20.9. The van der Waals surface area contributed by atoms with E-state index in [1.807, 2.05) is 30.3 Å². The highest BCUT2D eigenvalue weighted by Gasteiger charge is 2.17. The van der Waals surface area contributed by atoms with Gasteiger partial charge in [-0.1, -0.05) is 16.8 Å². The number of methoxy groups -OCH3 is 2. The van der Waals surface area contributed by atoms with Gasteiger partial charge in [0.15, 0.2) is 0 Å². The summed E-state index contributed by atoms with van der Waals surface area (Å²) >= 11 is 6.22. The largest absolute Gasteiger partial charge is 0.497 e. The van der Waals surface area contributed by atoms with Crippen molar-refractivity contribution in [1.29, 1.82) is 0 Å². The molecule has 0 radical (unpaired) electrons. The lowest BCUT2D eigenvalue weighted by Crippen LogP contribution is -2.36. The van der Waals surface area contributed by atoms with E-state index in [-0.39, 0.29) is 0 Å². The number of nitrogens with one attached hydrogen (secondary N) is 1. The Kier molecular flexibility index (Phi) is 6.25. The summed E-state index contributed by atoms with van der Waals surface area (Å²) in [6, 6.07) is 11.2. The molecule has 0 saturated carbocycles. The second-order valence-electron chi connectivity index (χ2n) is 6.69. The van der Waals surface area contributed by atoms with Gasteiger partial charge in [-0.3, -0.25) is 0 Å². The molecule has 1 fully saturated rings. The quantitative estimate of drug-likeness (QED) is 0.605. The molecule has 30 heavy (non-hydrogen) atoms. The van der Waals surface area contributed by atoms with Crippen LogP contribution in [-0.2, 0) is 11.3 Å². The third-order valence-corrected chi connectivity index (χ3v) is 5.09. The SMILES string of the molecule is COc1ccc(-c2noc(CNc3cc(Cl)ccc3N3CCOCC3)n2)c(OC)c1. The van der Waals surface area contributed by atoms with E-state index in [4.69, 9.17) is 30.3 Å². The van der Waals surface area contributed by atoms with Crippen LogP contribution in [0.3, 0.4) is 0 Å². The number of ether oxygens (including phenoxy) is 3. The third kappa shape index (κ3) is 4.44. The minimum atomic E-state index is 0.364. The average molecular weight is 431 g/mol. The lowest BCUT2D eigenvalue weighted by atomic mass is 10.2. The average Bonchev–Trinajstić information content (AvgIpc) is 3.26. The standard InChI is InChI=1S/C21H23ClN4O4/c1-27-15-4-5-16(19(12-15)28-2)21-24-20(30-25-21)13-23-17-11-14(22)3-6-18(17)26-7-9-29-10-8-26/h3-6,11-12,23H,7-10,13H2,1-2H3. The molecular weight excluding hydrogens is 408 g/mol. The smallest absolute Gasteiger partial charge is 0.246 e. The van der Waals surface area contributed by atoms with Crippen molar-refractivity contribution >= 4 is 23.0 Å². The summed E-state index contributed by atoms with van der Waals surface area (Å²) in [6.07, 6.45) is 0. The normalized spacial score (nSPS) is 13.9. The molecule has 1 N–H and O–H groups in total. The minimum absolute atomic E-state index is 0.364.